The van der Waals surface area contributed by atoms with E-state index in [1.165, 1.54) is 72.0 Å². The van der Waals surface area contributed by atoms with E-state index in [1.807, 2.05) is 0 Å². The van der Waals surface area contributed by atoms with Crippen LogP contribution in [0.1, 0.15) is 49.9 Å². The fraction of sp³-hybridized carbons (Fsp3) is 0.167. The Kier molecular flexibility index (Phi) is 3.87. The first-order valence-electron chi connectivity index (χ1n) is 13.3. The predicted octanol–water partition coefficient (Wildman–Crippen LogP) is 9.40. The summed E-state index contributed by atoms with van der Waals surface area (Å²) in [5.74, 6) is 0. The van der Waals surface area contributed by atoms with E-state index in [-0.39, 0.29) is 10.8 Å². The van der Waals surface area contributed by atoms with Crippen LogP contribution in [0.3, 0.4) is 0 Å². The summed E-state index contributed by atoms with van der Waals surface area (Å²) in [6.45, 7) is 9.43. The van der Waals surface area contributed by atoms with Gasteiger partial charge in [0.15, 0.2) is 0 Å². The van der Waals surface area contributed by atoms with Crippen LogP contribution >= 0.6 is 0 Å². The van der Waals surface area contributed by atoms with Crippen LogP contribution in [0.15, 0.2) is 103 Å². The third-order valence-electron chi connectivity index (χ3n) is 9.20. The lowest BCUT2D eigenvalue weighted by Gasteiger charge is -2.34. The molecule has 0 fully saturated rings. The fourth-order valence-corrected chi connectivity index (χ4v) is 7.33. The number of nitrogens with zero attached hydrogens (tertiary/aromatic N) is 1. The normalized spacial score (nSPS) is 16.0. The minimum Gasteiger partial charge on any atom is -0.309 e. The maximum atomic E-state index is 2.50. The zero-order chi connectivity index (χ0) is 25.1. The number of hydrogen-bond acceptors (Lipinski definition) is 0. The Hall–Kier alpha value is -4.10. The third kappa shape index (κ3) is 2.50. The van der Waals surface area contributed by atoms with Gasteiger partial charge in [-0.3, -0.25) is 0 Å². The minimum absolute atomic E-state index is 0.00497. The van der Waals surface area contributed by atoms with Crippen LogP contribution in [0.2, 0.25) is 0 Å². The monoisotopic (exact) mass is 475 g/mol. The summed E-state index contributed by atoms with van der Waals surface area (Å²) in [7, 11) is 0. The molecule has 1 aromatic heterocycles. The van der Waals surface area contributed by atoms with Gasteiger partial charge in [-0.15, -0.1) is 0 Å². The molecule has 0 amide bonds. The van der Waals surface area contributed by atoms with Crippen molar-refractivity contribution in [2.75, 3.05) is 0 Å². The van der Waals surface area contributed by atoms with Crippen molar-refractivity contribution in [1.29, 1.82) is 0 Å². The lowest BCUT2D eigenvalue weighted by Crippen LogP contribution is -2.26. The van der Waals surface area contributed by atoms with E-state index in [4.69, 9.17) is 0 Å². The molecule has 5 aromatic carbocycles. The Morgan fingerprint density at radius 1 is 0.514 bits per heavy atom. The first-order valence-corrected chi connectivity index (χ1v) is 13.3. The van der Waals surface area contributed by atoms with Crippen molar-refractivity contribution in [1.82, 2.24) is 4.57 Å². The molecule has 8 rings (SSSR count). The van der Waals surface area contributed by atoms with Gasteiger partial charge < -0.3 is 4.57 Å². The van der Waals surface area contributed by atoms with Gasteiger partial charge in [0, 0.05) is 21.6 Å². The maximum Gasteiger partial charge on any atom is 0.0582 e. The van der Waals surface area contributed by atoms with Crippen molar-refractivity contribution >= 4 is 21.8 Å². The van der Waals surface area contributed by atoms with Crippen molar-refractivity contribution in [2.24, 2.45) is 0 Å². The molecule has 0 radical (unpaired) electrons. The smallest absolute Gasteiger partial charge is 0.0582 e. The van der Waals surface area contributed by atoms with Crippen LogP contribution in [0, 0.1) is 0 Å². The van der Waals surface area contributed by atoms with E-state index in [0.717, 1.165) is 0 Å². The first-order chi connectivity index (χ1) is 17.9. The van der Waals surface area contributed by atoms with Gasteiger partial charge >= 0.3 is 0 Å². The lowest BCUT2D eigenvalue weighted by molar-refractivity contribution is 0.630. The van der Waals surface area contributed by atoms with Crippen LogP contribution < -0.4 is 0 Å². The molecule has 1 heteroatoms. The lowest BCUT2D eigenvalue weighted by atomic mass is 9.75. The average molecular weight is 476 g/mol. The Labute approximate surface area is 218 Å². The largest absolute Gasteiger partial charge is 0.309 e. The Morgan fingerprint density at radius 2 is 1.16 bits per heavy atom. The van der Waals surface area contributed by atoms with Gasteiger partial charge in [0.05, 0.1) is 16.7 Å². The van der Waals surface area contributed by atoms with Gasteiger partial charge in [-0.25, -0.2) is 0 Å². The van der Waals surface area contributed by atoms with Gasteiger partial charge in [-0.05, 0) is 62.7 Å². The van der Waals surface area contributed by atoms with Crippen molar-refractivity contribution < 1.29 is 0 Å². The summed E-state index contributed by atoms with van der Waals surface area (Å²) in [6.07, 6.45) is 0. The highest BCUT2D eigenvalue weighted by Gasteiger charge is 2.37. The SMILES string of the molecule is CC1(C)c2ccccc2-c2c(-c3ccc4c(c3)c3cccc5c3n4-c3ccccc3C5(C)C)cccc21. The predicted molar refractivity (Wildman–Crippen MR) is 156 cm³/mol. The Balaban J connectivity index is 1.45. The van der Waals surface area contributed by atoms with Crippen molar-refractivity contribution in [3.05, 3.63) is 125 Å². The van der Waals surface area contributed by atoms with Crippen molar-refractivity contribution in [3.63, 3.8) is 0 Å². The number of hydrogen-bond donors (Lipinski definition) is 0. The zero-order valence-electron chi connectivity index (χ0n) is 21.8. The molecule has 178 valence electrons. The van der Waals surface area contributed by atoms with E-state index in [0.29, 0.717) is 0 Å². The molecular formula is C36H29N. The molecule has 0 saturated carbocycles. The molecule has 37 heavy (non-hydrogen) atoms. The van der Waals surface area contributed by atoms with E-state index in [2.05, 4.69) is 135 Å². The molecular weight excluding hydrogens is 446 g/mol. The fourth-order valence-electron chi connectivity index (χ4n) is 7.33. The Morgan fingerprint density at radius 3 is 2.03 bits per heavy atom. The van der Waals surface area contributed by atoms with Crippen LogP contribution in [-0.4, -0.2) is 4.57 Å². The molecule has 0 N–H and O–H groups in total. The number of rotatable bonds is 1. The van der Waals surface area contributed by atoms with Gasteiger partial charge in [-0.2, -0.15) is 0 Å². The second kappa shape index (κ2) is 6.81. The van der Waals surface area contributed by atoms with Gasteiger partial charge in [0.2, 0.25) is 0 Å². The second-order valence-corrected chi connectivity index (χ2v) is 11.8. The number of benzene rings is 5. The number of fused-ring (bicyclic) bond motifs is 8. The average Bonchev–Trinajstić information content (AvgIpc) is 3.37. The second-order valence-electron chi connectivity index (χ2n) is 11.8. The maximum absolute atomic E-state index is 2.50. The molecule has 0 bridgehead atoms. The molecule has 6 aromatic rings. The van der Waals surface area contributed by atoms with Gasteiger partial charge in [0.25, 0.3) is 0 Å². The highest BCUT2D eigenvalue weighted by Crippen LogP contribution is 2.53. The van der Waals surface area contributed by atoms with E-state index < -0.39 is 0 Å². The van der Waals surface area contributed by atoms with Crippen LogP contribution in [0.5, 0.6) is 0 Å². The number of aromatic nitrogens is 1. The Bertz CT molecular complexity index is 1930. The summed E-state index contributed by atoms with van der Waals surface area (Å²) in [5, 5.41) is 2.66. The number of para-hydroxylation sites is 2. The van der Waals surface area contributed by atoms with Gasteiger partial charge in [-0.1, -0.05) is 113 Å². The topological polar surface area (TPSA) is 4.93 Å². The molecule has 2 heterocycles. The minimum atomic E-state index is -0.0428. The zero-order valence-corrected chi connectivity index (χ0v) is 21.8. The summed E-state index contributed by atoms with van der Waals surface area (Å²) < 4.78 is 2.50. The van der Waals surface area contributed by atoms with E-state index in [1.54, 1.807) is 0 Å². The van der Waals surface area contributed by atoms with Crippen LogP contribution in [0.25, 0.3) is 49.7 Å². The molecule has 1 nitrogen and oxygen atoms in total. The first kappa shape index (κ1) is 21.0. The third-order valence-corrected chi connectivity index (χ3v) is 9.20. The molecule has 0 atom stereocenters. The summed E-state index contributed by atoms with van der Waals surface area (Å²) in [6, 6.07) is 38.7. The molecule has 0 saturated heterocycles. The van der Waals surface area contributed by atoms with Crippen LogP contribution in [-0.2, 0) is 10.8 Å². The molecule has 1 aliphatic carbocycles. The molecule has 2 aliphatic rings. The summed E-state index contributed by atoms with van der Waals surface area (Å²) in [4.78, 5) is 0. The van der Waals surface area contributed by atoms with E-state index in [9.17, 15) is 0 Å². The standard InChI is InChI=1S/C36H29N/c1-35(2)27-14-6-5-11-25(27)33-23(12-9-16-29(33)35)22-19-20-31-26(21-22)24-13-10-17-30-34(24)37(31)32-18-8-7-15-28(32)36(30,3)4/h5-21H,1-4H3. The highest BCUT2D eigenvalue weighted by molar-refractivity contribution is 6.13. The van der Waals surface area contributed by atoms with Crippen LogP contribution in [0.4, 0.5) is 0 Å². The quantitative estimate of drug-likeness (QED) is 0.223. The highest BCUT2D eigenvalue weighted by atomic mass is 15.0. The summed E-state index contributed by atoms with van der Waals surface area (Å²) >= 11 is 0. The molecule has 0 spiro atoms. The molecule has 1 aliphatic heterocycles. The van der Waals surface area contributed by atoms with Gasteiger partial charge in [0.1, 0.15) is 0 Å². The van der Waals surface area contributed by atoms with Crippen molar-refractivity contribution in [3.8, 4) is 27.9 Å². The molecule has 0 unspecified atom stereocenters. The van der Waals surface area contributed by atoms with E-state index >= 15 is 0 Å². The summed E-state index contributed by atoms with van der Waals surface area (Å²) in [5.41, 5.74) is 14.9. The van der Waals surface area contributed by atoms with Crippen molar-refractivity contribution in [2.45, 2.75) is 38.5 Å².